The first-order valence-electron chi connectivity index (χ1n) is 3.60. The van der Waals surface area contributed by atoms with E-state index in [1.165, 1.54) is 0 Å². The van der Waals surface area contributed by atoms with E-state index >= 15 is 0 Å². The average Bonchev–Trinajstić information content (AvgIpc) is 2.37. The fraction of sp³-hybridized carbons (Fsp3) is 0.500. The Labute approximate surface area is 70.7 Å². The minimum atomic E-state index is -0.358. The minimum absolute atomic E-state index is 0.144. The Morgan fingerprint density at radius 3 is 2.91 bits per heavy atom. The van der Waals surface area contributed by atoms with Crippen LogP contribution in [0.4, 0.5) is 0 Å². The van der Waals surface area contributed by atoms with Crippen molar-refractivity contribution in [1.82, 2.24) is 0 Å². The molecule has 1 unspecified atom stereocenters. The van der Waals surface area contributed by atoms with Crippen LogP contribution in [0.1, 0.15) is 18.2 Å². The van der Waals surface area contributed by atoms with Crippen molar-refractivity contribution >= 4 is 11.3 Å². The van der Waals surface area contributed by atoms with Crippen LogP contribution in [0.2, 0.25) is 0 Å². The van der Waals surface area contributed by atoms with E-state index in [4.69, 9.17) is 10.8 Å². The molecule has 11 heavy (non-hydrogen) atoms. The summed E-state index contributed by atoms with van der Waals surface area (Å²) in [4.78, 5) is 1.13. The van der Waals surface area contributed by atoms with Gasteiger partial charge in [0.2, 0.25) is 0 Å². The Balaban J connectivity index is 2.73. The molecule has 1 aromatic heterocycles. The molecule has 0 aliphatic carbocycles. The van der Waals surface area contributed by atoms with Gasteiger partial charge in [-0.05, 0) is 24.8 Å². The average molecular weight is 171 g/mol. The van der Waals surface area contributed by atoms with Crippen molar-refractivity contribution in [1.29, 1.82) is 0 Å². The van der Waals surface area contributed by atoms with Crippen molar-refractivity contribution in [3.8, 4) is 0 Å². The van der Waals surface area contributed by atoms with E-state index in [9.17, 15) is 0 Å². The van der Waals surface area contributed by atoms with Gasteiger partial charge in [-0.25, -0.2) is 0 Å². The van der Waals surface area contributed by atoms with Crippen LogP contribution < -0.4 is 5.73 Å². The van der Waals surface area contributed by atoms with Gasteiger partial charge in [0.25, 0.3) is 0 Å². The number of aliphatic hydroxyl groups excluding tert-OH is 1. The second-order valence-electron chi connectivity index (χ2n) is 2.87. The first-order chi connectivity index (χ1) is 5.17. The molecule has 0 saturated carbocycles. The van der Waals surface area contributed by atoms with Crippen molar-refractivity contribution in [2.24, 2.45) is 5.73 Å². The lowest BCUT2D eigenvalue weighted by molar-refractivity contribution is 0.249. The fourth-order valence-electron chi connectivity index (χ4n) is 0.959. The zero-order valence-corrected chi connectivity index (χ0v) is 7.40. The molecule has 0 aliphatic rings. The molecule has 1 rings (SSSR count). The molecule has 1 heterocycles. The molecular weight excluding hydrogens is 158 g/mol. The third-order valence-electron chi connectivity index (χ3n) is 1.72. The largest absolute Gasteiger partial charge is 0.396 e. The Kier molecular flexibility index (Phi) is 2.65. The van der Waals surface area contributed by atoms with Gasteiger partial charge in [-0.2, -0.15) is 0 Å². The van der Waals surface area contributed by atoms with Crippen LogP contribution in [0.25, 0.3) is 0 Å². The van der Waals surface area contributed by atoms with Gasteiger partial charge >= 0.3 is 0 Å². The lowest BCUT2D eigenvalue weighted by Crippen LogP contribution is -2.32. The molecule has 1 aromatic rings. The highest BCUT2D eigenvalue weighted by Gasteiger charge is 2.20. The Bertz CT molecular complexity index is 206. The van der Waals surface area contributed by atoms with Crippen molar-refractivity contribution in [3.63, 3.8) is 0 Å². The summed E-state index contributed by atoms with van der Waals surface area (Å²) in [5.41, 5.74) is 5.59. The summed E-state index contributed by atoms with van der Waals surface area (Å²) in [5.74, 6) is 0. The van der Waals surface area contributed by atoms with Crippen LogP contribution in [0, 0.1) is 0 Å². The summed E-state index contributed by atoms with van der Waals surface area (Å²) in [6.45, 7) is 2.08. The lowest BCUT2D eigenvalue weighted by atomic mass is 9.98. The summed E-state index contributed by atoms with van der Waals surface area (Å²) in [6.07, 6.45) is 0.619. The van der Waals surface area contributed by atoms with Crippen LogP contribution >= 0.6 is 11.3 Å². The Hall–Kier alpha value is -0.380. The van der Waals surface area contributed by atoms with E-state index in [1.54, 1.807) is 11.3 Å². The van der Waals surface area contributed by atoms with Gasteiger partial charge in [0.05, 0.1) is 0 Å². The van der Waals surface area contributed by atoms with Gasteiger partial charge in [0.1, 0.15) is 0 Å². The molecule has 0 amide bonds. The molecule has 3 heteroatoms. The second-order valence-corrected chi connectivity index (χ2v) is 3.82. The maximum atomic E-state index is 8.73. The van der Waals surface area contributed by atoms with Crippen LogP contribution in [-0.2, 0) is 5.54 Å². The van der Waals surface area contributed by atoms with E-state index in [0.29, 0.717) is 6.42 Å². The molecule has 1 atom stereocenters. The van der Waals surface area contributed by atoms with Gasteiger partial charge in [0, 0.05) is 17.0 Å². The number of rotatable bonds is 3. The second kappa shape index (κ2) is 3.34. The molecular formula is C8H13NOS. The normalized spacial score (nSPS) is 16.3. The minimum Gasteiger partial charge on any atom is -0.396 e. The van der Waals surface area contributed by atoms with Gasteiger partial charge < -0.3 is 10.8 Å². The van der Waals surface area contributed by atoms with E-state index in [-0.39, 0.29) is 12.1 Å². The lowest BCUT2D eigenvalue weighted by Gasteiger charge is -2.21. The van der Waals surface area contributed by atoms with Crippen LogP contribution in [0.5, 0.6) is 0 Å². The molecule has 0 radical (unpaired) electrons. The molecule has 0 aromatic carbocycles. The molecule has 0 saturated heterocycles. The molecule has 3 N–H and O–H groups in total. The topological polar surface area (TPSA) is 46.2 Å². The molecule has 0 fully saturated rings. The highest BCUT2D eigenvalue weighted by molar-refractivity contribution is 7.10. The first kappa shape index (κ1) is 8.71. The van der Waals surface area contributed by atoms with Crippen molar-refractivity contribution in [3.05, 3.63) is 22.4 Å². The Morgan fingerprint density at radius 2 is 2.45 bits per heavy atom. The zero-order chi connectivity index (χ0) is 8.32. The number of nitrogens with two attached hydrogens (primary N) is 1. The molecule has 62 valence electrons. The quantitative estimate of drug-likeness (QED) is 0.720. The van der Waals surface area contributed by atoms with Gasteiger partial charge in [-0.15, -0.1) is 11.3 Å². The van der Waals surface area contributed by atoms with Crippen molar-refractivity contribution < 1.29 is 5.11 Å². The predicted molar refractivity (Wildman–Crippen MR) is 47.6 cm³/mol. The monoisotopic (exact) mass is 171 g/mol. The smallest absolute Gasteiger partial charge is 0.0497 e. The highest BCUT2D eigenvalue weighted by atomic mass is 32.1. The SMILES string of the molecule is CC(N)(CCO)c1cccs1. The first-order valence-corrected chi connectivity index (χ1v) is 4.48. The van der Waals surface area contributed by atoms with Crippen LogP contribution in [0.15, 0.2) is 17.5 Å². The number of hydrogen-bond donors (Lipinski definition) is 2. The van der Waals surface area contributed by atoms with E-state index in [1.807, 2.05) is 24.4 Å². The van der Waals surface area contributed by atoms with Crippen LogP contribution in [-0.4, -0.2) is 11.7 Å². The van der Waals surface area contributed by atoms with Crippen molar-refractivity contribution in [2.45, 2.75) is 18.9 Å². The number of hydrogen-bond acceptors (Lipinski definition) is 3. The number of aliphatic hydroxyl groups is 1. The van der Waals surface area contributed by atoms with E-state index < -0.39 is 0 Å². The number of thiophene rings is 1. The molecule has 0 spiro atoms. The highest BCUT2D eigenvalue weighted by Crippen LogP contribution is 2.25. The third kappa shape index (κ3) is 2.02. The summed E-state index contributed by atoms with van der Waals surface area (Å²) in [6, 6.07) is 3.98. The van der Waals surface area contributed by atoms with E-state index in [0.717, 1.165) is 4.88 Å². The third-order valence-corrected chi connectivity index (χ3v) is 2.86. The standard InChI is InChI=1S/C8H13NOS/c1-8(9,4-5-10)7-3-2-6-11-7/h2-3,6,10H,4-5,9H2,1H3. The zero-order valence-electron chi connectivity index (χ0n) is 6.58. The predicted octanol–water partition coefficient (Wildman–Crippen LogP) is 1.30. The van der Waals surface area contributed by atoms with Gasteiger partial charge in [-0.3, -0.25) is 0 Å². The Morgan fingerprint density at radius 1 is 1.73 bits per heavy atom. The summed E-state index contributed by atoms with van der Waals surface area (Å²) in [7, 11) is 0. The van der Waals surface area contributed by atoms with Crippen LogP contribution in [0.3, 0.4) is 0 Å². The molecule has 0 bridgehead atoms. The summed E-state index contributed by atoms with van der Waals surface area (Å²) >= 11 is 1.63. The van der Waals surface area contributed by atoms with Gasteiger partial charge in [-0.1, -0.05) is 6.07 Å². The molecule has 2 nitrogen and oxygen atoms in total. The summed E-state index contributed by atoms with van der Waals surface area (Å²) < 4.78 is 0. The van der Waals surface area contributed by atoms with E-state index in [2.05, 4.69) is 0 Å². The molecule has 0 aliphatic heterocycles. The fourth-order valence-corrected chi connectivity index (χ4v) is 1.79. The maximum absolute atomic E-state index is 8.73. The maximum Gasteiger partial charge on any atom is 0.0497 e. The van der Waals surface area contributed by atoms with Crippen molar-refractivity contribution in [2.75, 3.05) is 6.61 Å². The summed E-state index contributed by atoms with van der Waals surface area (Å²) in [5, 5.41) is 10.7. The van der Waals surface area contributed by atoms with Gasteiger partial charge in [0.15, 0.2) is 0 Å².